The Hall–Kier alpha value is -3.22. The number of benzene rings is 3. The number of hydrogen-bond donors (Lipinski definition) is 2. The quantitative estimate of drug-likeness (QED) is 0.380. The number of carbonyl (C=O) groups excluding carboxylic acids is 1. The van der Waals surface area contributed by atoms with E-state index in [1.807, 2.05) is 29.6 Å². The molecular formula is C22H15ClFN3OS. The van der Waals surface area contributed by atoms with Gasteiger partial charge in [-0.3, -0.25) is 4.79 Å². The van der Waals surface area contributed by atoms with Gasteiger partial charge >= 0.3 is 0 Å². The van der Waals surface area contributed by atoms with E-state index in [4.69, 9.17) is 11.6 Å². The summed E-state index contributed by atoms with van der Waals surface area (Å²) in [7, 11) is 0. The largest absolute Gasteiger partial charge is 0.332 e. The first-order valence-electron chi connectivity index (χ1n) is 8.72. The molecule has 0 saturated heterocycles. The number of nitrogens with zero attached hydrogens (tertiary/aromatic N) is 1. The zero-order valence-corrected chi connectivity index (χ0v) is 16.6. The predicted octanol–water partition coefficient (Wildman–Crippen LogP) is 6.60. The lowest BCUT2D eigenvalue weighted by Gasteiger charge is -2.07. The van der Waals surface area contributed by atoms with Gasteiger partial charge in [0.15, 0.2) is 5.13 Å². The first-order valence-corrected chi connectivity index (χ1v) is 9.98. The van der Waals surface area contributed by atoms with Crippen molar-refractivity contribution in [3.05, 3.63) is 94.6 Å². The Bertz CT molecular complexity index is 1160. The molecule has 4 aromatic rings. The van der Waals surface area contributed by atoms with Gasteiger partial charge in [0, 0.05) is 32.9 Å². The van der Waals surface area contributed by atoms with Crippen molar-refractivity contribution in [1.29, 1.82) is 0 Å². The zero-order valence-electron chi connectivity index (χ0n) is 15.0. The maximum absolute atomic E-state index is 13.0. The summed E-state index contributed by atoms with van der Waals surface area (Å²) in [5.74, 6) is -0.520. The van der Waals surface area contributed by atoms with Gasteiger partial charge in [-0.25, -0.2) is 9.37 Å². The van der Waals surface area contributed by atoms with Gasteiger partial charge in [0.1, 0.15) is 5.82 Å². The van der Waals surface area contributed by atoms with Gasteiger partial charge in [0.05, 0.1) is 5.69 Å². The van der Waals surface area contributed by atoms with Crippen molar-refractivity contribution in [1.82, 2.24) is 4.98 Å². The molecule has 0 spiro atoms. The number of amides is 1. The average Bonchev–Trinajstić information content (AvgIpc) is 3.18. The van der Waals surface area contributed by atoms with E-state index in [1.165, 1.54) is 23.5 Å². The fraction of sp³-hybridized carbons (Fsp3) is 0. The second kappa shape index (κ2) is 8.43. The van der Waals surface area contributed by atoms with E-state index >= 15 is 0 Å². The molecule has 4 rings (SSSR count). The maximum atomic E-state index is 13.0. The molecule has 0 aliphatic heterocycles. The summed E-state index contributed by atoms with van der Waals surface area (Å²) in [6.07, 6.45) is 0. The van der Waals surface area contributed by atoms with Crippen molar-refractivity contribution >= 4 is 45.4 Å². The number of carbonyl (C=O) groups is 1. The fourth-order valence-electron chi connectivity index (χ4n) is 2.71. The van der Waals surface area contributed by atoms with Crippen molar-refractivity contribution in [2.75, 3.05) is 10.6 Å². The number of nitrogens with one attached hydrogen (secondary N) is 2. The standard InChI is InChI=1S/C22H15ClFN3OS/c23-16-5-1-4-15(11-16)21(28)25-19-6-2-3-14(12-19)20-13-29-22(27-20)26-18-9-7-17(24)8-10-18/h1-13H,(H,25,28)(H,26,27). The molecule has 0 radical (unpaired) electrons. The van der Waals surface area contributed by atoms with Gasteiger partial charge in [-0.2, -0.15) is 0 Å². The average molecular weight is 424 g/mol. The second-order valence-corrected chi connectivity index (χ2v) is 7.51. The van der Waals surface area contributed by atoms with Crippen LogP contribution in [0.4, 0.5) is 20.9 Å². The monoisotopic (exact) mass is 423 g/mol. The highest BCUT2D eigenvalue weighted by atomic mass is 35.5. The van der Waals surface area contributed by atoms with Crippen LogP contribution in [-0.2, 0) is 0 Å². The third-order valence-electron chi connectivity index (χ3n) is 4.10. The van der Waals surface area contributed by atoms with E-state index in [2.05, 4.69) is 15.6 Å². The van der Waals surface area contributed by atoms with E-state index in [0.717, 1.165) is 16.9 Å². The van der Waals surface area contributed by atoms with Gasteiger partial charge in [-0.05, 0) is 54.6 Å². The smallest absolute Gasteiger partial charge is 0.255 e. The molecule has 0 fully saturated rings. The van der Waals surface area contributed by atoms with Crippen LogP contribution >= 0.6 is 22.9 Å². The van der Waals surface area contributed by atoms with Crippen LogP contribution in [0, 0.1) is 5.82 Å². The Morgan fingerprint density at radius 1 is 0.966 bits per heavy atom. The minimum Gasteiger partial charge on any atom is -0.332 e. The fourth-order valence-corrected chi connectivity index (χ4v) is 3.64. The van der Waals surface area contributed by atoms with Crippen LogP contribution in [0.15, 0.2) is 78.2 Å². The molecule has 144 valence electrons. The molecule has 0 aliphatic rings. The first kappa shape index (κ1) is 19.1. The molecule has 29 heavy (non-hydrogen) atoms. The molecular weight excluding hydrogens is 409 g/mol. The summed E-state index contributed by atoms with van der Waals surface area (Å²) in [5, 5.41) is 9.15. The van der Waals surface area contributed by atoms with E-state index < -0.39 is 0 Å². The minimum absolute atomic E-state index is 0.235. The molecule has 0 aliphatic carbocycles. The van der Waals surface area contributed by atoms with Crippen LogP contribution < -0.4 is 10.6 Å². The van der Waals surface area contributed by atoms with Gasteiger partial charge in [0.25, 0.3) is 5.91 Å². The van der Waals surface area contributed by atoms with E-state index in [0.29, 0.717) is 21.4 Å². The molecule has 0 unspecified atom stereocenters. The van der Waals surface area contributed by atoms with E-state index in [-0.39, 0.29) is 11.7 Å². The molecule has 0 saturated carbocycles. The Morgan fingerprint density at radius 2 is 1.76 bits per heavy atom. The number of rotatable bonds is 5. The SMILES string of the molecule is O=C(Nc1cccc(-c2csc(Nc3ccc(F)cc3)n2)c1)c1cccc(Cl)c1. The summed E-state index contributed by atoms with van der Waals surface area (Å²) in [5.41, 5.74) is 3.56. The third-order valence-corrected chi connectivity index (χ3v) is 5.10. The first-order chi connectivity index (χ1) is 14.1. The van der Waals surface area contributed by atoms with Crippen molar-refractivity contribution in [2.45, 2.75) is 0 Å². The highest BCUT2D eigenvalue weighted by Gasteiger charge is 2.09. The number of anilines is 3. The summed E-state index contributed by atoms with van der Waals surface area (Å²) in [6, 6.07) is 20.3. The van der Waals surface area contributed by atoms with Crippen molar-refractivity contribution in [3.8, 4) is 11.3 Å². The van der Waals surface area contributed by atoms with Crippen LogP contribution in [0.2, 0.25) is 5.02 Å². The summed E-state index contributed by atoms with van der Waals surface area (Å²) < 4.78 is 13.0. The highest BCUT2D eigenvalue weighted by molar-refractivity contribution is 7.14. The van der Waals surface area contributed by atoms with Gasteiger partial charge in [-0.1, -0.05) is 29.8 Å². The molecule has 1 amide bonds. The number of thiazole rings is 1. The maximum Gasteiger partial charge on any atom is 0.255 e. The lowest BCUT2D eigenvalue weighted by Crippen LogP contribution is -2.11. The molecule has 3 aromatic carbocycles. The third kappa shape index (κ3) is 4.80. The van der Waals surface area contributed by atoms with E-state index in [9.17, 15) is 9.18 Å². The topological polar surface area (TPSA) is 54.0 Å². The lowest BCUT2D eigenvalue weighted by atomic mass is 10.1. The number of aromatic nitrogens is 1. The number of halogens is 2. The van der Waals surface area contributed by atoms with Gasteiger partial charge < -0.3 is 10.6 Å². The zero-order chi connectivity index (χ0) is 20.2. The Labute approximate surface area is 176 Å². The summed E-state index contributed by atoms with van der Waals surface area (Å²) in [4.78, 5) is 17.0. The van der Waals surface area contributed by atoms with Crippen LogP contribution in [-0.4, -0.2) is 10.9 Å². The second-order valence-electron chi connectivity index (χ2n) is 6.22. The molecule has 1 heterocycles. The molecule has 1 aromatic heterocycles. The Kier molecular flexibility index (Phi) is 5.55. The van der Waals surface area contributed by atoms with Gasteiger partial charge in [0.2, 0.25) is 0 Å². The lowest BCUT2D eigenvalue weighted by molar-refractivity contribution is 0.102. The van der Waals surface area contributed by atoms with Gasteiger partial charge in [-0.15, -0.1) is 11.3 Å². The minimum atomic E-state index is -0.285. The molecule has 2 N–H and O–H groups in total. The van der Waals surface area contributed by atoms with Crippen LogP contribution in [0.5, 0.6) is 0 Å². The highest BCUT2D eigenvalue weighted by Crippen LogP contribution is 2.29. The van der Waals surface area contributed by atoms with Crippen LogP contribution in [0.1, 0.15) is 10.4 Å². The molecule has 0 bridgehead atoms. The summed E-state index contributed by atoms with van der Waals surface area (Å²) >= 11 is 7.40. The van der Waals surface area contributed by atoms with Crippen molar-refractivity contribution in [2.24, 2.45) is 0 Å². The Balaban J connectivity index is 1.49. The van der Waals surface area contributed by atoms with Crippen LogP contribution in [0.3, 0.4) is 0 Å². The molecule has 0 atom stereocenters. The normalized spacial score (nSPS) is 10.6. The van der Waals surface area contributed by atoms with Crippen LogP contribution in [0.25, 0.3) is 11.3 Å². The summed E-state index contributed by atoms with van der Waals surface area (Å²) in [6.45, 7) is 0. The molecule has 7 heteroatoms. The predicted molar refractivity (Wildman–Crippen MR) is 117 cm³/mol. The van der Waals surface area contributed by atoms with Crippen molar-refractivity contribution < 1.29 is 9.18 Å². The van der Waals surface area contributed by atoms with E-state index in [1.54, 1.807) is 36.4 Å². The number of hydrogen-bond acceptors (Lipinski definition) is 4. The Morgan fingerprint density at radius 3 is 2.55 bits per heavy atom. The van der Waals surface area contributed by atoms with Crippen molar-refractivity contribution in [3.63, 3.8) is 0 Å². The molecule has 4 nitrogen and oxygen atoms in total.